The molecule has 2 atom stereocenters. The number of hydrogen-bond donors (Lipinski definition) is 2. The second kappa shape index (κ2) is 7.94. The van der Waals surface area contributed by atoms with Gasteiger partial charge in [0.25, 0.3) is 0 Å². The number of amides is 1. The number of allylic oxidation sites excluding steroid dienone is 2. The van der Waals surface area contributed by atoms with Gasteiger partial charge in [0.05, 0.1) is 11.8 Å². The number of aliphatic carboxylic acids is 1. The lowest BCUT2D eigenvalue weighted by atomic mass is 9.82. The fourth-order valence-electron chi connectivity index (χ4n) is 2.39. The summed E-state index contributed by atoms with van der Waals surface area (Å²) >= 11 is 0. The molecule has 0 heterocycles. The summed E-state index contributed by atoms with van der Waals surface area (Å²) < 4.78 is 0. The van der Waals surface area contributed by atoms with E-state index in [9.17, 15) is 9.59 Å². The van der Waals surface area contributed by atoms with E-state index in [-0.39, 0.29) is 5.91 Å². The highest BCUT2D eigenvalue weighted by Crippen LogP contribution is 2.25. The van der Waals surface area contributed by atoms with Crippen LogP contribution in [0.25, 0.3) is 0 Å². The Hall–Kier alpha value is -1.36. The van der Waals surface area contributed by atoms with Crippen molar-refractivity contribution in [2.75, 3.05) is 26.2 Å². The molecule has 108 valence electrons. The van der Waals surface area contributed by atoms with E-state index in [2.05, 4.69) is 24.1 Å². The van der Waals surface area contributed by atoms with E-state index in [4.69, 9.17) is 5.11 Å². The molecule has 0 saturated carbocycles. The third kappa shape index (κ3) is 4.67. The second-order valence-corrected chi connectivity index (χ2v) is 4.81. The van der Waals surface area contributed by atoms with Crippen molar-refractivity contribution in [2.24, 2.45) is 11.8 Å². The molecule has 0 saturated heterocycles. The summed E-state index contributed by atoms with van der Waals surface area (Å²) in [6, 6.07) is 0. The lowest BCUT2D eigenvalue weighted by Crippen LogP contribution is -2.41. The fourth-order valence-corrected chi connectivity index (χ4v) is 2.39. The molecule has 2 N–H and O–H groups in total. The van der Waals surface area contributed by atoms with Gasteiger partial charge in [-0.1, -0.05) is 26.0 Å². The molecule has 1 rings (SSSR count). The number of nitrogens with one attached hydrogen (secondary N) is 1. The van der Waals surface area contributed by atoms with Gasteiger partial charge in [-0.15, -0.1) is 0 Å². The summed E-state index contributed by atoms with van der Waals surface area (Å²) in [5.74, 6) is -2.03. The number of rotatable bonds is 7. The number of carbonyl (C=O) groups excluding carboxylic acids is 1. The van der Waals surface area contributed by atoms with Crippen LogP contribution in [0.5, 0.6) is 0 Å². The number of carboxylic acid groups (broad SMARTS) is 1. The average Bonchev–Trinajstić information content (AvgIpc) is 2.43. The lowest BCUT2D eigenvalue weighted by Gasteiger charge is -2.25. The Kier molecular flexibility index (Phi) is 6.56. The smallest absolute Gasteiger partial charge is 0.307 e. The van der Waals surface area contributed by atoms with Crippen LogP contribution in [0.2, 0.25) is 0 Å². The minimum Gasteiger partial charge on any atom is -0.481 e. The van der Waals surface area contributed by atoms with Gasteiger partial charge in [-0.05, 0) is 25.9 Å². The van der Waals surface area contributed by atoms with Gasteiger partial charge in [0.1, 0.15) is 0 Å². The van der Waals surface area contributed by atoms with Gasteiger partial charge in [0.15, 0.2) is 0 Å². The Morgan fingerprint density at radius 2 is 1.79 bits per heavy atom. The molecule has 19 heavy (non-hydrogen) atoms. The summed E-state index contributed by atoms with van der Waals surface area (Å²) in [5.41, 5.74) is 0. The van der Waals surface area contributed by atoms with Gasteiger partial charge in [0, 0.05) is 13.1 Å². The normalized spacial score (nSPS) is 22.5. The third-order valence-corrected chi connectivity index (χ3v) is 3.71. The van der Waals surface area contributed by atoms with E-state index in [1.807, 2.05) is 12.2 Å². The summed E-state index contributed by atoms with van der Waals surface area (Å²) in [7, 11) is 0. The van der Waals surface area contributed by atoms with Gasteiger partial charge in [-0.25, -0.2) is 0 Å². The molecule has 5 nitrogen and oxygen atoms in total. The van der Waals surface area contributed by atoms with Gasteiger partial charge in [-0.3, -0.25) is 9.59 Å². The quantitative estimate of drug-likeness (QED) is 0.679. The molecule has 0 unspecified atom stereocenters. The maximum atomic E-state index is 12.0. The van der Waals surface area contributed by atoms with E-state index < -0.39 is 17.8 Å². The maximum Gasteiger partial charge on any atom is 0.307 e. The first-order valence-corrected chi connectivity index (χ1v) is 6.98. The summed E-state index contributed by atoms with van der Waals surface area (Å²) in [6.07, 6.45) is 4.71. The van der Waals surface area contributed by atoms with Crippen LogP contribution in [0.1, 0.15) is 26.7 Å². The molecular weight excluding hydrogens is 244 g/mol. The Morgan fingerprint density at radius 1 is 1.21 bits per heavy atom. The minimum absolute atomic E-state index is 0.135. The van der Waals surface area contributed by atoms with Crippen molar-refractivity contribution in [3.05, 3.63) is 12.2 Å². The SMILES string of the molecule is CCN(CC)CCNC(=O)[C@@H]1CC=CC[C@@H]1C(=O)O. The van der Waals surface area contributed by atoms with Crippen molar-refractivity contribution in [3.63, 3.8) is 0 Å². The van der Waals surface area contributed by atoms with Crippen LogP contribution in [-0.4, -0.2) is 48.1 Å². The molecule has 0 bridgehead atoms. The number of likely N-dealkylation sites (N-methyl/N-ethyl adjacent to an activating group) is 1. The predicted octanol–water partition coefficient (Wildman–Crippen LogP) is 1.11. The van der Waals surface area contributed by atoms with Crippen LogP contribution in [0.3, 0.4) is 0 Å². The van der Waals surface area contributed by atoms with Crippen molar-refractivity contribution in [3.8, 4) is 0 Å². The molecule has 1 aliphatic carbocycles. The first kappa shape index (κ1) is 15.7. The Balaban J connectivity index is 2.43. The van der Waals surface area contributed by atoms with Crippen molar-refractivity contribution in [2.45, 2.75) is 26.7 Å². The predicted molar refractivity (Wildman–Crippen MR) is 73.8 cm³/mol. The van der Waals surface area contributed by atoms with Gasteiger partial charge >= 0.3 is 5.97 Å². The van der Waals surface area contributed by atoms with Gasteiger partial charge < -0.3 is 15.3 Å². The zero-order valence-corrected chi connectivity index (χ0v) is 11.8. The Labute approximate surface area is 114 Å². The molecule has 0 aromatic rings. The van der Waals surface area contributed by atoms with Gasteiger partial charge in [-0.2, -0.15) is 0 Å². The van der Waals surface area contributed by atoms with Crippen molar-refractivity contribution < 1.29 is 14.7 Å². The molecule has 0 spiro atoms. The summed E-state index contributed by atoms with van der Waals surface area (Å²) in [6.45, 7) is 7.45. The van der Waals surface area contributed by atoms with Crippen LogP contribution in [-0.2, 0) is 9.59 Å². The molecule has 0 aromatic carbocycles. The van der Waals surface area contributed by atoms with E-state index in [1.54, 1.807) is 0 Å². The largest absolute Gasteiger partial charge is 0.481 e. The molecular formula is C14H24N2O3. The summed E-state index contributed by atoms with van der Waals surface area (Å²) in [5, 5.41) is 12.0. The number of carboxylic acids is 1. The second-order valence-electron chi connectivity index (χ2n) is 4.81. The van der Waals surface area contributed by atoms with E-state index in [1.165, 1.54) is 0 Å². The summed E-state index contributed by atoms with van der Waals surface area (Å²) in [4.78, 5) is 25.4. The lowest BCUT2D eigenvalue weighted by molar-refractivity contribution is -0.147. The van der Waals surface area contributed by atoms with Gasteiger partial charge in [0.2, 0.25) is 5.91 Å². The molecule has 1 aliphatic rings. The highest BCUT2D eigenvalue weighted by molar-refractivity contribution is 5.85. The van der Waals surface area contributed by atoms with E-state index >= 15 is 0 Å². The molecule has 1 amide bonds. The molecule has 5 heteroatoms. The topological polar surface area (TPSA) is 69.6 Å². The minimum atomic E-state index is -0.881. The first-order chi connectivity index (χ1) is 9.10. The maximum absolute atomic E-state index is 12.0. The van der Waals surface area contributed by atoms with Crippen LogP contribution in [0, 0.1) is 11.8 Å². The Bertz CT molecular complexity index is 338. The average molecular weight is 268 g/mol. The van der Waals surface area contributed by atoms with E-state index in [0.717, 1.165) is 19.6 Å². The first-order valence-electron chi connectivity index (χ1n) is 6.98. The molecule has 0 fully saturated rings. The van der Waals surface area contributed by atoms with Crippen molar-refractivity contribution in [1.29, 1.82) is 0 Å². The fraction of sp³-hybridized carbons (Fsp3) is 0.714. The van der Waals surface area contributed by atoms with Crippen molar-refractivity contribution in [1.82, 2.24) is 10.2 Å². The number of carbonyl (C=O) groups is 2. The van der Waals surface area contributed by atoms with Crippen LogP contribution >= 0.6 is 0 Å². The van der Waals surface area contributed by atoms with Crippen LogP contribution in [0.4, 0.5) is 0 Å². The standard InChI is InChI=1S/C14H24N2O3/c1-3-16(4-2)10-9-15-13(17)11-7-5-6-8-12(11)14(18)19/h5-6,11-12H,3-4,7-10H2,1-2H3,(H,15,17)(H,18,19)/t11-,12+/m1/s1. The molecule has 0 radical (unpaired) electrons. The highest BCUT2D eigenvalue weighted by Gasteiger charge is 2.33. The third-order valence-electron chi connectivity index (χ3n) is 3.71. The zero-order valence-electron chi connectivity index (χ0n) is 11.8. The van der Waals surface area contributed by atoms with Crippen LogP contribution in [0.15, 0.2) is 12.2 Å². The van der Waals surface area contributed by atoms with Crippen molar-refractivity contribution >= 4 is 11.9 Å². The zero-order chi connectivity index (χ0) is 14.3. The monoisotopic (exact) mass is 268 g/mol. The molecule has 0 aliphatic heterocycles. The Morgan fingerprint density at radius 3 is 2.32 bits per heavy atom. The molecule has 0 aromatic heterocycles. The van der Waals surface area contributed by atoms with E-state index in [0.29, 0.717) is 19.4 Å². The van der Waals surface area contributed by atoms with Crippen LogP contribution < -0.4 is 5.32 Å². The number of hydrogen-bond acceptors (Lipinski definition) is 3. The number of nitrogens with zero attached hydrogens (tertiary/aromatic N) is 1. The highest BCUT2D eigenvalue weighted by atomic mass is 16.4.